The smallest absolute Gasteiger partial charge is 0.369 e. The maximum absolute atomic E-state index is 14.1. The van der Waals surface area contributed by atoms with Gasteiger partial charge in [-0.2, -0.15) is 38.4 Å². The Labute approximate surface area is 479 Å². The molecule has 4 N–H and O–H groups in total. The molecular weight excluding hydrogens is 1190 g/mol. The molecule has 0 aliphatic heterocycles. The first-order valence-corrected chi connectivity index (χ1v) is 24.5. The monoisotopic (exact) mass is 1240 g/mol. The van der Waals surface area contributed by atoms with E-state index in [-0.39, 0.29) is 55.4 Å². The van der Waals surface area contributed by atoms with E-state index in [4.69, 9.17) is 36.2 Å². The van der Waals surface area contributed by atoms with Crippen LogP contribution in [-0.2, 0) is 82.8 Å². The highest BCUT2D eigenvalue weighted by molar-refractivity contribution is 9.10. The number of aromatic nitrogens is 32. The molecule has 40 nitrogen and oxygen atoms in total. The van der Waals surface area contributed by atoms with Gasteiger partial charge in [-0.15, -0.1) is 44.2 Å². The topological polar surface area (TPSA) is 434 Å². The van der Waals surface area contributed by atoms with E-state index in [1.165, 1.54) is 76.8 Å². The van der Waals surface area contributed by atoms with Crippen molar-refractivity contribution in [2.24, 2.45) is 56.4 Å². The van der Waals surface area contributed by atoms with Crippen LogP contribution in [0.1, 0.15) is 22.3 Å². The molecular formula is C40H45BrClFN32O8. The fourth-order valence-electron chi connectivity index (χ4n) is 6.86. The number of aromatic amines is 4. The van der Waals surface area contributed by atoms with Crippen LogP contribution in [-0.4, -0.2) is 159 Å². The van der Waals surface area contributed by atoms with Crippen molar-refractivity contribution in [3.8, 4) is 46.8 Å². The number of tetrazole rings is 4. The maximum atomic E-state index is 14.1. The highest BCUT2D eigenvalue weighted by Gasteiger charge is 2.24. The molecule has 12 heterocycles. The SMILES string of the molecule is [3H]n1ccc(OCc2c(-n3nnn(C)c3=O)nn(C)c2Br)n1.[3H]n1ccc(OCc2c(-n3nnn(C)c3=O)nn(C)c2Cl)n1.[3H]n1ccc(OCc2c(-n3nnn(C)c3=O)nn(C)c2F)n1.[3H]n1ccc(OCc2cn(C)nc2-n2nnn(C)c2=O)n1. The Morgan fingerprint density at radius 3 is 1.22 bits per heavy atom. The van der Waals surface area contributed by atoms with Crippen molar-refractivity contribution in [3.05, 3.63) is 135 Å². The van der Waals surface area contributed by atoms with Gasteiger partial charge in [0.25, 0.3) is 0 Å². The van der Waals surface area contributed by atoms with Gasteiger partial charge in [0.2, 0.25) is 29.5 Å². The van der Waals surface area contributed by atoms with Gasteiger partial charge in [0.1, 0.15) is 36.2 Å². The molecule has 12 rings (SSSR count). The molecule has 43 heteroatoms. The van der Waals surface area contributed by atoms with E-state index in [1.807, 2.05) is 0 Å². The molecule has 83 heavy (non-hydrogen) atoms. The average Bonchev–Trinajstić information content (AvgIpc) is 2.04. The van der Waals surface area contributed by atoms with Crippen LogP contribution in [0.3, 0.4) is 0 Å². The summed E-state index contributed by atoms with van der Waals surface area (Å²) in [5.41, 5.74) is -0.0610. The Bertz CT molecular complexity index is 4270. The number of halogens is 3. The molecule has 0 aromatic carbocycles. The Morgan fingerprint density at radius 1 is 0.470 bits per heavy atom. The third-order valence-corrected chi connectivity index (χ3v) is 12.4. The van der Waals surface area contributed by atoms with E-state index < -0.39 is 28.7 Å². The highest BCUT2D eigenvalue weighted by Crippen LogP contribution is 2.25. The van der Waals surface area contributed by atoms with Gasteiger partial charge in [-0.05, 0) is 57.6 Å². The fraction of sp³-hybridized carbons (Fsp3) is 0.300. The first-order chi connectivity index (χ1) is 41.4. The normalized spacial score (nSPS) is 11.7. The van der Waals surface area contributed by atoms with Gasteiger partial charge in [0.05, 0.1) is 22.3 Å². The van der Waals surface area contributed by atoms with Crippen LogP contribution in [0, 0.1) is 5.95 Å². The number of aryl methyl sites for hydroxylation is 8. The third-order valence-electron chi connectivity index (χ3n) is 10.9. The first-order valence-electron chi connectivity index (χ1n) is 25.1. The van der Waals surface area contributed by atoms with Gasteiger partial charge in [-0.3, -0.25) is 34.4 Å². The number of nitrogens with zero attached hydrogens (tertiary/aromatic N) is 28. The van der Waals surface area contributed by atoms with Crippen LogP contribution in [0.5, 0.6) is 23.5 Å². The van der Waals surface area contributed by atoms with E-state index in [2.05, 4.69) is 98.4 Å². The lowest BCUT2D eigenvalue weighted by Gasteiger charge is -2.03. The van der Waals surface area contributed by atoms with Gasteiger partial charge in [0.15, 0.2) is 28.9 Å². The van der Waals surface area contributed by atoms with Crippen molar-refractivity contribution < 1.29 is 29.0 Å². The largest absolute Gasteiger partial charge is 0.472 e. The molecule has 12 aromatic heterocycles. The lowest BCUT2D eigenvalue weighted by Crippen LogP contribution is -2.23. The minimum atomic E-state index is -0.669. The van der Waals surface area contributed by atoms with Crippen LogP contribution in [0.25, 0.3) is 23.3 Å². The zero-order valence-electron chi connectivity index (χ0n) is 48.2. The molecule has 0 bridgehead atoms. The predicted molar refractivity (Wildman–Crippen MR) is 278 cm³/mol. The number of hydrogen-bond acceptors (Lipinski definition) is 24. The Hall–Kier alpha value is -10.9. The molecule has 0 unspecified atom stereocenters. The molecule has 0 atom stereocenters. The second kappa shape index (κ2) is 24.6. The summed E-state index contributed by atoms with van der Waals surface area (Å²) in [7, 11) is 12.4. The zero-order valence-corrected chi connectivity index (χ0v) is 46.6. The molecule has 0 radical (unpaired) electrons. The minimum Gasteiger partial charge on any atom is -0.472 e. The summed E-state index contributed by atoms with van der Waals surface area (Å²) in [6.45, 7) is 0.0318. The van der Waals surface area contributed by atoms with Crippen LogP contribution >= 0.6 is 27.5 Å². The van der Waals surface area contributed by atoms with Crippen molar-refractivity contribution in [3.63, 3.8) is 0 Å². The van der Waals surface area contributed by atoms with Crippen molar-refractivity contribution in [1.29, 1.82) is 0 Å². The number of ether oxygens (including phenoxy) is 4. The van der Waals surface area contributed by atoms with Crippen molar-refractivity contribution in [1.82, 2.24) is 159 Å². The molecule has 434 valence electrons. The van der Waals surface area contributed by atoms with E-state index in [9.17, 15) is 23.6 Å². The number of nitrogens with one attached hydrogen (secondary N) is 4. The molecule has 0 saturated heterocycles. The van der Waals surface area contributed by atoms with Crippen LogP contribution in [0.15, 0.2) is 79.0 Å². The van der Waals surface area contributed by atoms with Crippen LogP contribution in [0.2, 0.25) is 10.8 Å². The third kappa shape index (κ3) is 12.4. The minimum absolute atomic E-state index is 0.0107. The van der Waals surface area contributed by atoms with E-state index >= 15 is 0 Å². The molecule has 0 spiro atoms. The fourth-order valence-corrected chi connectivity index (χ4v) is 7.41. The van der Waals surface area contributed by atoms with Crippen molar-refractivity contribution in [2.45, 2.75) is 26.4 Å². The number of H-pyrrole nitrogens is 4. The van der Waals surface area contributed by atoms with Crippen molar-refractivity contribution in [2.75, 3.05) is 0 Å². The quantitative estimate of drug-likeness (QED) is 0.0781. The van der Waals surface area contributed by atoms with Gasteiger partial charge in [-0.25, -0.2) is 23.9 Å². The lowest BCUT2D eigenvalue weighted by atomic mass is 10.3. The van der Waals surface area contributed by atoms with E-state index in [0.29, 0.717) is 49.8 Å². The van der Waals surface area contributed by atoms with Crippen LogP contribution in [0.4, 0.5) is 4.39 Å². The maximum Gasteiger partial charge on any atom is 0.369 e. The second-order valence-electron chi connectivity index (χ2n) is 16.6. The molecule has 12 aromatic rings. The van der Waals surface area contributed by atoms with Gasteiger partial charge in [-0.1, -0.05) is 11.6 Å². The van der Waals surface area contributed by atoms with Crippen molar-refractivity contribution >= 4 is 27.5 Å². The average molecular weight is 1240 g/mol. The molecule has 0 amide bonds. The Balaban J connectivity index is 0.000000138. The van der Waals surface area contributed by atoms with Gasteiger partial charge >= 0.3 is 22.8 Å². The number of rotatable bonds is 16. The summed E-state index contributed by atoms with van der Waals surface area (Å²) in [5, 5.41) is 64.8. The van der Waals surface area contributed by atoms with E-state index in [1.54, 1.807) is 48.8 Å². The Morgan fingerprint density at radius 2 is 0.819 bits per heavy atom. The number of hydrogen-bond donors (Lipinski definition) is 4. The molecule has 0 saturated carbocycles. The zero-order chi connectivity index (χ0) is 62.5. The summed E-state index contributed by atoms with van der Waals surface area (Å²) >= 11 is 9.58. The summed E-state index contributed by atoms with van der Waals surface area (Å²) in [6.07, 6.45) is 7.40. The molecule has 0 fully saturated rings. The predicted octanol–water partition coefficient (Wildman–Crippen LogP) is -2.44. The van der Waals surface area contributed by atoms with Crippen LogP contribution < -0.4 is 41.7 Å². The van der Waals surface area contributed by atoms with Gasteiger partial charge in [0, 0.05) is 112 Å². The summed E-state index contributed by atoms with van der Waals surface area (Å²) in [4.78, 5) is 47.7. The summed E-state index contributed by atoms with van der Waals surface area (Å²) in [6, 6.07) is 6.11. The Kier molecular flexibility index (Phi) is 15.3. The van der Waals surface area contributed by atoms with E-state index in [0.717, 1.165) is 62.5 Å². The molecule has 0 aliphatic carbocycles. The highest BCUT2D eigenvalue weighted by atomic mass is 79.9. The first kappa shape index (κ1) is 51.5. The second-order valence-corrected chi connectivity index (χ2v) is 17.7. The molecule has 0 aliphatic rings. The van der Waals surface area contributed by atoms with Gasteiger partial charge < -0.3 is 18.9 Å². The standard InChI is InChI=1S/C10H11BrN8O2.C10H11ClN8O2.C10H11FN8O2.C10H12N8O2/c3*1-17-8(11)6(5-21-7-3-4-12-13-7)9(14-17)19-10(20)18(2)15-16-19;1-16-5-7(6-20-8-3-4-11-12-8)9(13-16)18-10(19)17(2)14-15-18/h3*3-4H,5H2,1-2H3,(H,12,13);3-5H,6H2,1-2H3,(H,11,12)/i/hT4. The summed E-state index contributed by atoms with van der Waals surface area (Å²) in [5.74, 6) is 1.23. The lowest BCUT2D eigenvalue weighted by molar-refractivity contribution is 0.285. The summed E-state index contributed by atoms with van der Waals surface area (Å²) < 4.78 is 79.4.